The molecule has 1 N–H and O–H groups in total. The first-order valence-electron chi connectivity index (χ1n) is 12.1. The minimum atomic E-state index is 0.288. The molecule has 0 bridgehead atoms. The van der Waals surface area contributed by atoms with E-state index in [0.717, 1.165) is 46.3 Å². The van der Waals surface area contributed by atoms with Crippen LogP contribution in [0.3, 0.4) is 0 Å². The Morgan fingerprint density at radius 2 is 1.73 bits per heavy atom. The molecule has 30 heavy (non-hydrogen) atoms. The molecular weight excluding hydrogens is 380 g/mol. The van der Waals surface area contributed by atoms with Gasteiger partial charge in [-0.3, -0.25) is 4.79 Å². The van der Waals surface area contributed by atoms with Gasteiger partial charge < -0.3 is 24.4 Å². The maximum Gasteiger partial charge on any atom is 0.222 e. The molecule has 3 fully saturated rings. The molecule has 0 aromatic rings. The zero-order valence-corrected chi connectivity index (χ0v) is 20.7. The number of hydrogen-bond donors (Lipinski definition) is 1. The van der Waals surface area contributed by atoms with Gasteiger partial charge >= 0.3 is 0 Å². The van der Waals surface area contributed by atoms with Crippen LogP contribution in [0.5, 0.6) is 0 Å². The monoisotopic (exact) mass is 428 g/mol. The van der Waals surface area contributed by atoms with Crippen LogP contribution in [0.2, 0.25) is 0 Å². The van der Waals surface area contributed by atoms with E-state index in [2.05, 4.69) is 37.6 Å². The molecular formula is C24H48N2O4. The third kappa shape index (κ3) is 7.47. The van der Waals surface area contributed by atoms with Gasteiger partial charge in [0, 0.05) is 57.3 Å². The van der Waals surface area contributed by atoms with Crippen LogP contribution in [0.4, 0.5) is 0 Å². The van der Waals surface area contributed by atoms with Crippen molar-refractivity contribution in [1.82, 2.24) is 9.80 Å². The minimum absolute atomic E-state index is 0.288. The molecule has 0 aromatic heterocycles. The van der Waals surface area contributed by atoms with Crippen LogP contribution in [0.15, 0.2) is 0 Å². The summed E-state index contributed by atoms with van der Waals surface area (Å²) in [7, 11) is 3.28. The highest BCUT2D eigenvalue weighted by atomic mass is 16.5. The Balaban J connectivity index is 0.00000106. The number of nitrogens with zero attached hydrogens (tertiary/aromatic N) is 2. The first-order valence-corrected chi connectivity index (χ1v) is 12.1. The summed E-state index contributed by atoms with van der Waals surface area (Å²) in [5.41, 5.74) is 0.443. The van der Waals surface area contributed by atoms with Crippen molar-refractivity contribution in [2.24, 2.45) is 5.41 Å². The number of unbranched alkanes of at least 4 members (excludes halogenated alkanes) is 1. The first kappa shape index (κ1) is 27.3. The molecule has 2 saturated carbocycles. The van der Waals surface area contributed by atoms with E-state index in [0.29, 0.717) is 35.9 Å². The van der Waals surface area contributed by atoms with Crippen molar-refractivity contribution in [2.45, 2.75) is 104 Å². The van der Waals surface area contributed by atoms with Gasteiger partial charge in [0.05, 0.1) is 12.2 Å². The summed E-state index contributed by atoms with van der Waals surface area (Å²) < 4.78 is 11.2. The molecule has 178 valence electrons. The number of carbonyl (C=O) groups is 1. The fourth-order valence-corrected chi connectivity index (χ4v) is 4.82. The lowest BCUT2D eigenvalue weighted by Crippen LogP contribution is -2.68. The van der Waals surface area contributed by atoms with Crippen molar-refractivity contribution in [3.05, 3.63) is 0 Å². The van der Waals surface area contributed by atoms with Crippen molar-refractivity contribution in [3.63, 3.8) is 0 Å². The highest BCUT2D eigenvalue weighted by Crippen LogP contribution is 2.51. The van der Waals surface area contributed by atoms with E-state index in [1.807, 2.05) is 13.8 Å². The van der Waals surface area contributed by atoms with Crippen molar-refractivity contribution in [2.75, 3.05) is 40.5 Å². The van der Waals surface area contributed by atoms with Gasteiger partial charge in [0.2, 0.25) is 5.91 Å². The normalized spacial score (nSPS) is 24.3. The average molecular weight is 429 g/mol. The molecule has 2 aliphatic carbocycles. The zero-order valence-electron chi connectivity index (χ0n) is 20.7. The smallest absolute Gasteiger partial charge is 0.222 e. The van der Waals surface area contributed by atoms with Crippen LogP contribution >= 0.6 is 0 Å². The molecule has 1 saturated heterocycles. The van der Waals surface area contributed by atoms with E-state index < -0.39 is 0 Å². The summed E-state index contributed by atoms with van der Waals surface area (Å²) in [5.74, 6) is 0.343. The fraction of sp³-hybridized carbons (Fsp3) is 0.958. The number of carbonyl (C=O) groups excluding carboxylic acids is 1. The molecule has 1 amide bonds. The second-order valence-corrected chi connectivity index (χ2v) is 9.06. The Labute approximate surface area is 185 Å². The maximum atomic E-state index is 12.3. The summed E-state index contributed by atoms with van der Waals surface area (Å²) in [4.78, 5) is 16.9. The lowest BCUT2D eigenvalue weighted by Gasteiger charge is -2.62. The summed E-state index contributed by atoms with van der Waals surface area (Å²) in [5, 5.41) is 7.00. The molecule has 6 nitrogen and oxygen atoms in total. The molecule has 3 rings (SSSR count). The van der Waals surface area contributed by atoms with Crippen LogP contribution in [0, 0.1) is 5.41 Å². The lowest BCUT2D eigenvalue weighted by atomic mass is 9.59. The number of likely N-dealkylation sites (tertiary alicyclic amines) is 1. The lowest BCUT2D eigenvalue weighted by molar-refractivity contribution is -0.161. The summed E-state index contributed by atoms with van der Waals surface area (Å²) in [6.07, 6.45) is 8.32. The second-order valence-electron chi connectivity index (χ2n) is 9.06. The Kier molecular flexibility index (Phi) is 12.5. The van der Waals surface area contributed by atoms with Gasteiger partial charge in [-0.05, 0) is 66.3 Å². The average Bonchev–Trinajstić information content (AvgIpc) is 2.64. The Morgan fingerprint density at radius 1 is 1.13 bits per heavy atom. The number of aliphatic hydroxyl groups excluding tert-OH is 1. The fourth-order valence-electron chi connectivity index (χ4n) is 4.82. The SMILES string of the molecule is CC.CCOC1CC(N(C)C2CC3(C2)CN(C(=O)CCCCOC(C)C)C3)C1.CO. The van der Waals surface area contributed by atoms with Gasteiger partial charge in [-0.15, -0.1) is 0 Å². The summed E-state index contributed by atoms with van der Waals surface area (Å²) in [6.45, 7) is 13.8. The molecule has 0 aromatic carbocycles. The predicted octanol–water partition coefficient (Wildman–Crippen LogP) is 3.71. The molecule has 0 atom stereocenters. The quantitative estimate of drug-likeness (QED) is 0.538. The van der Waals surface area contributed by atoms with E-state index in [1.165, 1.54) is 25.7 Å². The van der Waals surface area contributed by atoms with E-state index in [-0.39, 0.29) is 6.10 Å². The maximum absolute atomic E-state index is 12.3. The summed E-state index contributed by atoms with van der Waals surface area (Å²) in [6, 6.07) is 1.42. The van der Waals surface area contributed by atoms with Crippen molar-refractivity contribution in [3.8, 4) is 0 Å². The van der Waals surface area contributed by atoms with Gasteiger partial charge in [-0.2, -0.15) is 0 Å². The molecule has 1 aliphatic heterocycles. The number of ether oxygens (including phenoxy) is 2. The van der Waals surface area contributed by atoms with Crippen LogP contribution in [0.25, 0.3) is 0 Å². The third-order valence-electron chi connectivity index (χ3n) is 6.60. The highest BCUT2D eigenvalue weighted by molar-refractivity contribution is 5.77. The number of hydrogen-bond acceptors (Lipinski definition) is 5. The Hall–Kier alpha value is -0.690. The van der Waals surface area contributed by atoms with Crippen LogP contribution < -0.4 is 0 Å². The Morgan fingerprint density at radius 3 is 2.27 bits per heavy atom. The molecule has 1 spiro atoms. The third-order valence-corrected chi connectivity index (χ3v) is 6.60. The number of aliphatic hydroxyl groups is 1. The van der Waals surface area contributed by atoms with E-state index in [9.17, 15) is 4.79 Å². The largest absolute Gasteiger partial charge is 0.400 e. The predicted molar refractivity (Wildman–Crippen MR) is 123 cm³/mol. The van der Waals surface area contributed by atoms with Crippen molar-refractivity contribution < 1.29 is 19.4 Å². The second kappa shape index (κ2) is 13.7. The highest BCUT2D eigenvalue weighted by Gasteiger charge is 2.55. The molecule has 0 radical (unpaired) electrons. The first-order chi connectivity index (χ1) is 14.4. The number of amides is 1. The summed E-state index contributed by atoms with van der Waals surface area (Å²) >= 11 is 0. The molecule has 1 heterocycles. The van der Waals surface area contributed by atoms with Crippen LogP contribution in [-0.4, -0.2) is 85.6 Å². The minimum Gasteiger partial charge on any atom is -0.400 e. The topological polar surface area (TPSA) is 62.2 Å². The van der Waals surface area contributed by atoms with E-state index in [4.69, 9.17) is 14.6 Å². The van der Waals surface area contributed by atoms with Crippen LogP contribution in [0.1, 0.15) is 79.6 Å². The van der Waals surface area contributed by atoms with E-state index >= 15 is 0 Å². The van der Waals surface area contributed by atoms with Gasteiger partial charge in [-0.25, -0.2) is 0 Å². The van der Waals surface area contributed by atoms with Gasteiger partial charge in [0.25, 0.3) is 0 Å². The van der Waals surface area contributed by atoms with E-state index in [1.54, 1.807) is 0 Å². The zero-order chi connectivity index (χ0) is 22.7. The van der Waals surface area contributed by atoms with Gasteiger partial charge in [0.15, 0.2) is 0 Å². The Bertz CT molecular complexity index is 466. The van der Waals surface area contributed by atoms with Gasteiger partial charge in [-0.1, -0.05) is 13.8 Å². The molecule has 3 aliphatic rings. The molecule has 6 heteroatoms. The molecule has 0 unspecified atom stereocenters. The van der Waals surface area contributed by atoms with Crippen molar-refractivity contribution >= 4 is 5.91 Å². The standard InChI is InChI=1S/C21H38N2O3.C2H6.CH4O/c1-5-25-19-10-17(11-19)22(4)18-12-21(13-18)14-23(15-21)20(24)8-6-7-9-26-16(2)3;2*1-2/h16-19H,5-15H2,1-4H3;1-2H3;2H,1H3. The van der Waals surface area contributed by atoms with Crippen LogP contribution in [-0.2, 0) is 14.3 Å². The van der Waals surface area contributed by atoms with Crippen molar-refractivity contribution in [1.29, 1.82) is 0 Å². The van der Waals surface area contributed by atoms with Gasteiger partial charge in [0.1, 0.15) is 0 Å². The number of rotatable bonds is 10.